The molecule has 11 heavy (non-hydrogen) atoms. The first kappa shape index (κ1) is 6.42. The van der Waals surface area contributed by atoms with E-state index in [0.29, 0.717) is 5.92 Å². The number of nitriles is 1. The Morgan fingerprint density at radius 2 is 2.00 bits per heavy atom. The van der Waals surface area contributed by atoms with Gasteiger partial charge in [0.25, 0.3) is 0 Å². The molecule has 2 rings (SSSR count). The summed E-state index contributed by atoms with van der Waals surface area (Å²) < 4.78 is 0. The maximum absolute atomic E-state index is 8.59. The molecule has 1 saturated carbocycles. The molecule has 0 saturated heterocycles. The molecule has 0 heterocycles. The lowest BCUT2D eigenvalue weighted by Gasteiger charge is -1.93. The summed E-state index contributed by atoms with van der Waals surface area (Å²) in [7, 11) is 0. The highest BCUT2D eigenvalue weighted by Crippen LogP contribution is 2.46. The summed E-state index contributed by atoms with van der Waals surface area (Å²) >= 11 is 0. The summed E-state index contributed by atoms with van der Waals surface area (Å²) in [4.78, 5) is 0. The maximum atomic E-state index is 8.59. The van der Waals surface area contributed by atoms with Crippen molar-refractivity contribution in [3.05, 3.63) is 35.9 Å². The van der Waals surface area contributed by atoms with Gasteiger partial charge < -0.3 is 0 Å². The summed E-state index contributed by atoms with van der Waals surface area (Å²) in [6.45, 7) is 0. The van der Waals surface area contributed by atoms with Gasteiger partial charge in [0.15, 0.2) is 0 Å². The van der Waals surface area contributed by atoms with Crippen LogP contribution in [-0.4, -0.2) is 0 Å². The highest BCUT2D eigenvalue weighted by molar-refractivity contribution is 5.28. The third-order valence-corrected chi connectivity index (χ3v) is 2.18. The lowest BCUT2D eigenvalue weighted by molar-refractivity contribution is 1.02. The van der Waals surface area contributed by atoms with Gasteiger partial charge in [-0.05, 0) is 12.0 Å². The van der Waals surface area contributed by atoms with E-state index in [1.54, 1.807) is 0 Å². The highest BCUT2D eigenvalue weighted by Gasteiger charge is 2.38. The van der Waals surface area contributed by atoms with E-state index in [1.165, 1.54) is 5.56 Å². The molecule has 1 nitrogen and oxygen atoms in total. The second-order valence-corrected chi connectivity index (χ2v) is 2.99. The topological polar surface area (TPSA) is 23.8 Å². The number of hydrogen-bond acceptors (Lipinski definition) is 1. The summed E-state index contributed by atoms with van der Waals surface area (Å²) in [6.07, 6.45) is 1.06. The van der Waals surface area contributed by atoms with Gasteiger partial charge >= 0.3 is 0 Å². The SMILES string of the molecule is N#C[C@H]1CC1c1ccccc1. The Bertz CT molecular complexity index is 283. The maximum Gasteiger partial charge on any atom is 0.0662 e. The molecule has 1 unspecified atom stereocenters. The third-order valence-electron chi connectivity index (χ3n) is 2.18. The van der Waals surface area contributed by atoms with E-state index < -0.39 is 0 Å². The molecule has 0 aliphatic heterocycles. The minimum atomic E-state index is 0.289. The van der Waals surface area contributed by atoms with Crippen LogP contribution in [0.4, 0.5) is 0 Å². The molecule has 1 fully saturated rings. The highest BCUT2D eigenvalue weighted by atomic mass is 14.4. The van der Waals surface area contributed by atoms with E-state index in [0.717, 1.165) is 6.42 Å². The molecule has 0 N–H and O–H groups in total. The number of benzene rings is 1. The van der Waals surface area contributed by atoms with Crippen LogP contribution in [0.3, 0.4) is 0 Å². The first-order valence-corrected chi connectivity index (χ1v) is 3.86. The fraction of sp³-hybridized carbons (Fsp3) is 0.300. The average Bonchev–Trinajstić information content (AvgIpc) is 2.85. The Hall–Kier alpha value is -1.29. The molecular weight excluding hydrogens is 134 g/mol. The van der Waals surface area contributed by atoms with Crippen molar-refractivity contribution in [1.29, 1.82) is 5.26 Å². The zero-order chi connectivity index (χ0) is 7.68. The van der Waals surface area contributed by atoms with Gasteiger partial charge in [-0.1, -0.05) is 30.3 Å². The first-order valence-electron chi connectivity index (χ1n) is 3.86. The van der Waals surface area contributed by atoms with Crippen molar-refractivity contribution in [3.63, 3.8) is 0 Å². The van der Waals surface area contributed by atoms with Gasteiger partial charge in [-0.2, -0.15) is 5.26 Å². The van der Waals surface area contributed by atoms with Crippen LogP contribution in [0.25, 0.3) is 0 Å². The van der Waals surface area contributed by atoms with Crippen molar-refractivity contribution in [1.82, 2.24) is 0 Å². The second kappa shape index (κ2) is 2.39. The predicted octanol–water partition coefficient (Wildman–Crippen LogP) is 2.31. The Morgan fingerprint density at radius 1 is 1.27 bits per heavy atom. The molecule has 2 atom stereocenters. The number of hydrogen-bond donors (Lipinski definition) is 0. The molecule has 0 spiro atoms. The van der Waals surface area contributed by atoms with Gasteiger partial charge in [-0.25, -0.2) is 0 Å². The van der Waals surface area contributed by atoms with Gasteiger partial charge in [0, 0.05) is 5.92 Å². The lowest BCUT2D eigenvalue weighted by atomic mass is 10.1. The zero-order valence-corrected chi connectivity index (χ0v) is 6.20. The van der Waals surface area contributed by atoms with E-state index >= 15 is 0 Å². The van der Waals surface area contributed by atoms with Crippen molar-refractivity contribution in [2.24, 2.45) is 5.92 Å². The number of nitrogens with zero attached hydrogens (tertiary/aromatic N) is 1. The molecule has 54 valence electrons. The molecule has 1 aliphatic rings. The van der Waals surface area contributed by atoms with Gasteiger partial charge in [0.1, 0.15) is 0 Å². The van der Waals surface area contributed by atoms with Crippen molar-refractivity contribution in [3.8, 4) is 6.07 Å². The Morgan fingerprint density at radius 3 is 2.55 bits per heavy atom. The number of rotatable bonds is 1. The van der Waals surface area contributed by atoms with Crippen LogP contribution >= 0.6 is 0 Å². The van der Waals surface area contributed by atoms with E-state index in [4.69, 9.17) is 5.26 Å². The van der Waals surface area contributed by atoms with Crippen molar-refractivity contribution in [2.45, 2.75) is 12.3 Å². The minimum Gasteiger partial charge on any atom is -0.198 e. The molecule has 0 radical (unpaired) electrons. The van der Waals surface area contributed by atoms with Gasteiger partial charge in [-0.15, -0.1) is 0 Å². The van der Waals surface area contributed by atoms with Crippen LogP contribution in [0, 0.1) is 17.2 Å². The summed E-state index contributed by atoms with van der Waals surface area (Å²) in [6, 6.07) is 12.6. The van der Waals surface area contributed by atoms with Gasteiger partial charge in [-0.3, -0.25) is 0 Å². The quantitative estimate of drug-likeness (QED) is 0.591. The van der Waals surface area contributed by atoms with Crippen molar-refractivity contribution in [2.75, 3.05) is 0 Å². The van der Waals surface area contributed by atoms with E-state index in [1.807, 2.05) is 18.2 Å². The normalized spacial score (nSPS) is 27.5. The fourth-order valence-electron chi connectivity index (χ4n) is 1.41. The van der Waals surface area contributed by atoms with Crippen LogP contribution in [-0.2, 0) is 0 Å². The Balaban J connectivity index is 2.16. The van der Waals surface area contributed by atoms with Crippen molar-refractivity contribution >= 4 is 0 Å². The van der Waals surface area contributed by atoms with E-state index in [9.17, 15) is 0 Å². The smallest absolute Gasteiger partial charge is 0.0662 e. The van der Waals surface area contributed by atoms with E-state index in [2.05, 4.69) is 18.2 Å². The minimum absolute atomic E-state index is 0.289. The molecule has 0 bridgehead atoms. The molecule has 1 aliphatic carbocycles. The monoisotopic (exact) mass is 143 g/mol. The molecule has 1 heteroatoms. The predicted molar refractivity (Wildman–Crippen MR) is 42.9 cm³/mol. The third kappa shape index (κ3) is 1.12. The van der Waals surface area contributed by atoms with Crippen molar-refractivity contribution < 1.29 is 0 Å². The molecule has 0 amide bonds. The average molecular weight is 143 g/mol. The summed E-state index contributed by atoms with van der Waals surface area (Å²) in [5.74, 6) is 0.818. The van der Waals surface area contributed by atoms with Gasteiger partial charge in [0.05, 0.1) is 12.0 Å². The molecule has 0 aromatic heterocycles. The molecule has 1 aromatic carbocycles. The van der Waals surface area contributed by atoms with Crippen LogP contribution < -0.4 is 0 Å². The fourth-order valence-corrected chi connectivity index (χ4v) is 1.41. The van der Waals surface area contributed by atoms with Gasteiger partial charge in [0.2, 0.25) is 0 Å². The summed E-state index contributed by atoms with van der Waals surface area (Å²) in [5, 5.41) is 8.59. The lowest BCUT2D eigenvalue weighted by Crippen LogP contribution is -1.78. The standard InChI is InChI=1S/C10H9N/c11-7-9-6-10(9)8-4-2-1-3-5-8/h1-5,9-10H,6H2/t9-,10?/m1/s1. The van der Waals surface area contributed by atoms with Crippen LogP contribution in [0.2, 0.25) is 0 Å². The Kier molecular flexibility index (Phi) is 1.40. The van der Waals surface area contributed by atoms with E-state index in [-0.39, 0.29) is 5.92 Å². The Labute approximate surface area is 66.3 Å². The summed E-state index contributed by atoms with van der Waals surface area (Å²) in [5.41, 5.74) is 1.32. The zero-order valence-electron chi connectivity index (χ0n) is 6.20. The van der Waals surface area contributed by atoms with Crippen LogP contribution in [0.15, 0.2) is 30.3 Å². The second-order valence-electron chi connectivity index (χ2n) is 2.99. The van der Waals surface area contributed by atoms with Crippen LogP contribution in [0.1, 0.15) is 17.9 Å². The largest absolute Gasteiger partial charge is 0.198 e. The molecule has 1 aromatic rings. The van der Waals surface area contributed by atoms with Crippen LogP contribution in [0.5, 0.6) is 0 Å². The first-order chi connectivity index (χ1) is 5.42. The molecular formula is C10H9N.